The van der Waals surface area contributed by atoms with Gasteiger partial charge in [0, 0.05) is 13.0 Å². The van der Waals surface area contributed by atoms with Gasteiger partial charge < -0.3 is 15.4 Å². The Morgan fingerprint density at radius 1 is 1.20 bits per heavy atom. The molecular weight excluding hydrogens is 415 g/mol. The maximum Gasteiger partial charge on any atom is 0.408 e. The van der Waals surface area contributed by atoms with Crippen molar-refractivity contribution in [2.45, 2.75) is 31.2 Å². The molecule has 160 valence electrons. The van der Waals surface area contributed by atoms with Crippen molar-refractivity contribution in [1.82, 2.24) is 10.6 Å². The second-order valence-electron chi connectivity index (χ2n) is 6.75. The Morgan fingerprint density at radius 2 is 1.90 bits per heavy atom. The van der Waals surface area contributed by atoms with Crippen LogP contribution in [0.1, 0.15) is 23.6 Å². The van der Waals surface area contributed by atoms with Gasteiger partial charge in [-0.2, -0.15) is 13.2 Å². The quantitative estimate of drug-likeness (QED) is 0.715. The van der Waals surface area contributed by atoms with Crippen molar-refractivity contribution in [2.75, 3.05) is 12.9 Å². The Morgan fingerprint density at radius 3 is 2.53 bits per heavy atom. The largest absolute Gasteiger partial charge is 0.497 e. The number of halogens is 3. The molecule has 0 aliphatic carbocycles. The molecule has 30 heavy (non-hydrogen) atoms. The fourth-order valence-electron chi connectivity index (χ4n) is 2.97. The fourth-order valence-corrected chi connectivity index (χ4v) is 3.77. The molecule has 0 spiro atoms. The van der Waals surface area contributed by atoms with Crippen molar-refractivity contribution in [3.63, 3.8) is 0 Å². The van der Waals surface area contributed by atoms with Gasteiger partial charge in [-0.05, 0) is 23.3 Å². The van der Waals surface area contributed by atoms with Gasteiger partial charge in [0.2, 0.25) is 5.91 Å². The molecule has 3 rings (SSSR count). The Hall–Kier alpha value is -2.68. The average molecular weight is 437 g/mol. The van der Waals surface area contributed by atoms with Crippen LogP contribution >= 0.6 is 11.8 Å². The molecule has 1 aliphatic rings. The van der Waals surface area contributed by atoms with Crippen LogP contribution in [-0.2, 0) is 11.3 Å². The minimum Gasteiger partial charge on any atom is -0.497 e. The van der Waals surface area contributed by atoms with Gasteiger partial charge in [-0.1, -0.05) is 54.2 Å². The third-order valence-electron chi connectivity index (χ3n) is 4.60. The maximum atomic E-state index is 13.4. The molecule has 0 bridgehead atoms. The minimum absolute atomic E-state index is 0.0337. The summed E-state index contributed by atoms with van der Waals surface area (Å²) in [5.74, 6) is 0.397. The lowest BCUT2D eigenvalue weighted by atomic mass is 9.98. The van der Waals surface area contributed by atoms with E-state index in [-0.39, 0.29) is 23.2 Å². The highest BCUT2D eigenvalue weighted by Crippen LogP contribution is 2.34. The zero-order valence-corrected chi connectivity index (χ0v) is 17.1. The number of nitrogens with one attached hydrogen (secondary N) is 2. The van der Waals surface area contributed by atoms with Crippen LogP contribution in [-0.4, -0.2) is 36.2 Å². The topological polar surface area (TPSA) is 62.7 Å². The monoisotopic (exact) mass is 437 g/mol. The predicted octanol–water partition coefficient (Wildman–Crippen LogP) is 4.07. The van der Waals surface area contributed by atoms with Gasteiger partial charge in [0.15, 0.2) is 5.17 Å². The second-order valence-corrected chi connectivity index (χ2v) is 7.71. The fraction of sp³-hybridized carbons (Fsp3) is 0.333. The molecule has 0 radical (unpaired) electrons. The van der Waals surface area contributed by atoms with Gasteiger partial charge in [-0.3, -0.25) is 9.79 Å². The van der Waals surface area contributed by atoms with Gasteiger partial charge in [0.1, 0.15) is 11.8 Å². The lowest BCUT2D eigenvalue weighted by Gasteiger charge is -2.31. The van der Waals surface area contributed by atoms with Crippen LogP contribution in [0.15, 0.2) is 59.6 Å². The van der Waals surface area contributed by atoms with E-state index in [1.54, 1.807) is 49.6 Å². The lowest BCUT2D eigenvalue weighted by molar-refractivity contribution is -0.155. The molecular formula is C21H22F3N3O2S. The summed E-state index contributed by atoms with van der Waals surface area (Å²) in [6.45, 7) is 0.321. The van der Waals surface area contributed by atoms with Crippen LogP contribution in [0.5, 0.6) is 5.75 Å². The molecule has 1 heterocycles. The molecule has 2 aromatic rings. The van der Waals surface area contributed by atoms with Crippen molar-refractivity contribution in [3.05, 3.63) is 65.7 Å². The number of nitrogens with zero attached hydrogens (tertiary/aromatic N) is 1. The van der Waals surface area contributed by atoms with Crippen LogP contribution in [0.2, 0.25) is 0 Å². The number of alkyl halides is 3. The van der Waals surface area contributed by atoms with Gasteiger partial charge in [-0.25, -0.2) is 0 Å². The summed E-state index contributed by atoms with van der Waals surface area (Å²) in [5.41, 5.74) is 1.61. The van der Waals surface area contributed by atoms with Crippen LogP contribution in [0.4, 0.5) is 13.2 Å². The molecule has 0 saturated carbocycles. The minimum atomic E-state index is -4.40. The van der Waals surface area contributed by atoms with E-state index in [1.807, 2.05) is 12.1 Å². The first-order valence-electron chi connectivity index (χ1n) is 9.33. The highest BCUT2D eigenvalue weighted by molar-refractivity contribution is 8.14. The molecule has 0 fully saturated rings. The Balaban J connectivity index is 1.58. The van der Waals surface area contributed by atoms with E-state index in [9.17, 15) is 18.0 Å². The van der Waals surface area contributed by atoms with Crippen molar-refractivity contribution in [3.8, 4) is 5.75 Å². The first-order chi connectivity index (χ1) is 14.3. The zero-order chi connectivity index (χ0) is 21.6. The molecule has 2 unspecified atom stereocenters. The molecule has 1 amide bonds. The number of rotatable bonds is 6. The molecule has 2 N–H and O–H groups in total. The molecule has 2 aromatic carbocycles. The van der Waals surface area contributed by atoms with Crippen molar-refractivity contribution in [2.24, 2.45) is 4.99 Å². The molecule has 5 nitrogen and oxygen atoms in total. The van der Waals surface area contributed by atoms with Crippen LogP contribution in [0.25, 0.3) is 0 Å². The standard InChI is InChI=1S/C21H22F3N3O2S/c1-29-16-9-7-14(8-10-16)12-25-19(28)13-30-20-26-17(15-5-3-2-4-6-15)11-18(27-20)21(22,23)24/h2-10,17-18H,11-13H2,1H3,(H,25,28)(H,26,27). The summed E-state index contributed by atoms with van der Waals surface area (Å²) in [5, 5.41) is 5.31. The second kappa shape index (κ2) is 9.88. The number of hydrogen-bond donors (Lipinski definition) is 2. The number of carbonyl (C=O) groups is 1. The van der Waals surface area contributed by atoms with E-state index >= 15 is 0 Å². The normalized spacial score (nSPS) is 18.9. The van der Waals surface area contributed by atoms with E-state index < -0.39 is 18.3 Å². The Bertz CT molecular complexity index is 873. The first-order valence-corrected chi connectivity index (χ1v) is 10.3. The van der Waals surface area contributed by atoms with E-state index in [0.717, 1.165) is 22.9 Å². The summed E-state index contributed by atoms with van der Waals surface area (Å²) < 4.78 is 45.1. The van der Waals surface area contributed by atoms with E-state index in [0.29, 0.717) is 12.3 Å². The number of carbonyl (C=O) groups excluding carboxylic acids is 1. The number of benzene rings is 2. The number of thioether (sulfide) groups is 1. The van der Waals surface area contributed by atoms with Crippen molar-refractivity contribution < 1.29 is 22.7 Å². The smallest absolute Gasteiger partial charge is 0.408 e. The number of methoxy groups -OCH3 is 1. The van der Waals surface area contributed by atoms with E-state index in [2.05, 4.69) is 15.6 Å². The summed E-state index contributed by atoms with van der Waals surface area (Å²) in [4.78, 5) is 16.6. The Kier molecular flexibility index (Phi) is 7.25. The molecule has 9 heteroatoms. The summed E-state index contributed by atoms with van der Waals surface area (Å²) in [6.07, 6.45) is -4.58. The summed E-state index contributed by atoms with van der Waals surface area (Å²) in [7, 11) is 1.57. The van der Waals surface area contributed by atoms with Crippen molar-refractivity contribution >= 4 is 22.8 Å². The van der Waals surface area contributed by atoms with E-state index in [1.165, 1.54) is 0 Å². The lowest BCUT2D eigenvalue weighted by Crippen LogP contribution is -2.48. The third-order valence-corrected chi connectivity index (χ3v) is 5.50. The van der Waals surface area contributed by atoms with Gasteiger partial charge in [-0.15, -0.1) is 0 Å². The number of amidine groups is 1. The highest BCUT2D eigenvalue weighted by atomic mass is 32.2. The number of ether oxygens (including phenoxy) is 1. The third kappa shape index (κ3) is 6.16. The van der Waals surface area contributed by atoms with Gasteiger partial charge in [0.05, 0.1) is 18.9 Å². The van der Waals surface area contributed by atoms with Crippen LogP contribution in [0, 0.1) is 0 Å². The SMILES string of the molecule is COc1ccc(CNC(=O)CSC2=NC(c3ccccc3)CC(C(F)(F)F)N2)cc1. The number of amides is 1. The van der Waals surface area contributed by atoms with E-state index in [4.69, 9.17) is 4.74 Å². The summed E-state index contributed by atoms with van der Waals surface area (Å²) >= 11 is 0.972. The maximum absolute atomic E-state index is 13.4. The van der Waals surface area contributed by atoms with Crippen molar-refractivity contribution in [1.29, 1.82) is 0 Å². The molecule has 0 aromatic heterocycles. The zero-order valence-electron chi connectivity index (χ0n) is 16.3. The average Bonchev–Trinajstić information content (AvgIpc) is 2.76. The van der Waals surface area contributed by atoms with Gasteiger partial charge in [0.25, 0.3) is 0 Å². The Labute approximate surface area is 177 Å². The summed E-state index contributed by atoms with van der Waals surface area (Å²) in [6, 6.07) is 13.8. The molecule has 2 atom stereocenters. The predicted molar refractivity (Wildman–Crippen MR) is 112 cm³/mol. The first kappa shape index (κ1) is 22.0. The molecule has 0 saturated heterocycles. The number of hydrogen-bond acceptors (Lipinski definition) is 5. The highest BCUT2D eigenvalue weighted by Gasteiger charge is 2.43. The number of aliphatic imine (C=N–C) groups is 1. The van der Waals surface area contributed by atoms with Crippen LogP contribution < -0.4 is 15.4 Å². The van der Waals surface area contributed by atoms with Crippen LogP contribution in [0.3, 0.4) is 0 Å². The molecule has 1 aliphatic heterocycles. The van der Waals surface area contributed by atoms with Gasteiger partial charge >= 0.3 is 6.18 Å².